The third kappa shape index (κ3) is 3.54. The first-order valence-electron chi connectivity index (χ1n) is 7.20. The predicted octanol–water partition coefficient (Wildman–Crippen LogP) is 4.24. The zero-order chi connectivity index (χ0) is 18.0. The maximum absolute atomic E-state index is 12.3. The van der Waals surface area contributed by atoms with Crippen molar-refractivity contribution < 1.29 is 14.1 Å². The zero-order valence-corrected chi connectivity index (χ0v) is 14.5. The van der Waals surface area contributed by atoms with Gasteiger partial charge < -0.3 is 4.42 Å². The second-order valence-electron chi connectivity index (χ2n) is 5.09. The number of hydrogen-bond acceptors (Lipinski definition) is 6. The molecule has 2 aromatic rings. The first-order chi connectivity index (χ1) is 12.0. The summed E-state index contributed by atoms with van der Waals surface area (Å²) in [7, 11) is 0. The Balaban J connectivity index is 1.82. The van der Waals surface area contributed by atoms with Gasteiger partial charge in [-0.05, 0) is 24.3 Å². The second kappa shape index (κ2) is 7.04. The molecule has 0 aliphatic carbocycles. The highest BCUT2D eigenvalue weighted by Gasteiger charge is 2.31. The largest absolute Gasteiger partial charge is 0.457 e. The lowest BCUT2D eigenvalue weighted by Crippen LogP contribution is -2.27. The molecular formula is C17H12N2O4S2. The maximum Gasteiger partial charge on any atom is 0.269 e. The Kier molecular flexibility index (Phi) is 4.82. The van der Waals surface area contributed by atoms with E-state index < -0.39 is 4.92 Å². The normalized spacial score (nSPS) is 15.8. The van der Waals surface area contributed by atoms with Crippen LogP contribution in [0, 0.1) is 10.1 Å². The molecule has 25 heavy (non-hydrogen) atoms. The fraction of sp³-hybridized carbons (Fsp3) is 0.0588. The first-order valence-corrected chi connectivity index (χ1v) is 8.43. The molecule has 2 heterocycles. The van der Waals surface area contributed by atoms with E-state index in [2.05, 4.69) is 6.58 Å². The third-order valence-electron chi connectivity index (χ3n) is 3.45. The van der Waals surface area contributed by atoms with Gasteiger partial charge in [0.15, 0.2) is 0 Å². The summed E-state index contributed by atoms with van der Waals surface area (Å²) in [6.45, 7) is 3.98. The van der Waals surface area contributed by atoms with Gasteiger partial charge in [0, 0.05) is 30.3 Å². The van der Waals surface area contributed by atoms with E-state index in [9.17, 15) is 14.9 Å². The van der Waals surface area contributed by atoms with Gasteiger partial charge in [-0.2, -0.15) is 0 Å². The number of furan rings is 1. The van der Waals surface area contributed by atoms with E-state index in [4.69, 9.17) is 16.6 Å². The van der Waals surface area contributed by atoms with Crippen molar-refractivity contribution in [1.82, 2.24) is 4.90 Å². The molecule has 8 heteroatoms. The van der Waals surface area contributed by atoms with Gasteiger partial charge in [0.1, 0.15) is 15.8 Å². The number of rotatable bonds is 5. The molecule has 6 nitrogen and oxygen atoms in total. The van der Waals surface area contributed by atoms with Gasteiger partial charge in [0.25, 0.3) is 11.6 Å². The van der Waals surface area contributed by atoms with Crippen LogP contribution in [0.15, 0.2) is 58.4 Å². The lowest BCUT2D eigenvalue weighted by molar-refractivity contribution is -0.384. The van der Waals surface area contributed by atoms with Gasteiger partial charge in [-0.15, -0.1) is 6.58 Å². The predicted molar refractivity (Wildman–Crippen MR) is 101 cm³/mol. The quantitative estimate of drug-likeness (QED) is 0.257. The van der Waals surface area contributed by atoms with Gasteiger partial charge in [-0.1, -0.05) is 30.1 Å². The summed E-state index contributed by atoms with van der Waals surface area (Å²) in [6, 6.07) is 9.54. The number of amides is 1. The van der Waals surface area contributed by atoms with Crippen LogP contribution in [0.2, 0.25) is 0 Å². The van der Waals surface area contributed by atoms with Gasteiger partial charge in [0.2, 0.25) is 0 Å². The summed E-state index contributed by atoms with van der Waals surface area (Å²) >= 11 is 6.40. The number of non-ortho nitro benzene ring substituents is 1. The van der Waals surface area contributed by atoms with Crippen molar-refractivity contribution in [3.05, 3.63) is 69.8 Å². The van der Waals surface area contributed by atoms with E-state index >= 15 is 0 Å². The summed E-state index contributed by atoms with van der Waals surface area (Å²) < 4.78 is 6.20. The summed E-state index contributed by atoms with van der Waals surface area (Å²) in [4.78, 5) is 24.5. The monoisotopic (exact) mass is 372 g/mol. The molecule has 1 saturated heterocycles. The highest BCUT2D eigenvalue weighted by Crippen LogP contribution is 2.33. The minimum Gasteiger partial charge on any atom is -0.457 e. The Labute approximate surface area is 153 Å². The van der Waals surface area contributed by atoms with E-state index in [1.165, 1.54) is 28.8 Å². The van der Waals surface area contributed by atoms with E-state index in [-0.39, 0.29) is 11.6 Å². The Morgan fingerprint density at radius 2 is 2.00 bits per heavy atom. The van der Waals surface area contributed by atoms with Gasteiger partial charge >= 0.3 is 0 Å². The topological polar surface area (TPSA) is 76.6 Å². The number of carbonyl (C=O) groups excluding carboxylic acids is 1. The van der Waals surface area contributed by atoms with Crippen molar-refractivity contribution in [3.8, 4) is 11.3 Å². The standard InChI is InChI=1S/C17H12N2O4S2/c1-2-9-18-16(20)15(25-17(18)24)10-13-7-8-14(23-13)11-3-5-12(6-4-11)19(21)22/h2-8,10H,1,9H2/b15-10+. The highest BCUT2D eigenvalue weighted by atomic mass is 32.2. The van der Waals surface area contributed by atoms with Crippen molar-refractivity contribution in [3.63, 3.8) is 0 Å². The van der Waals surface area contributed by atoms with Crippen molar-refractivity contribution in [1.29, 1.82) is 0 Å². The molecule has 0 unspecified atom stereocenters. The van der Waals surface area contributed by atoms with Crippen LogP contribution in [0.4, 0.5) is 5.69 Å². The maximum atomic E-state index is 12.3. The fourth-order valence-electron chi connectivity index (χ4n) is 2.25. The molecule has 1 aromatic heterocycles. The van der Waals surface area contributed by atoms with Crippen LogP contribution in [0.3, 0.4) is 0 Å². The molecule has 3 rings (SSSR count). The van der Waals surface area contributed by atoms with Crippen molar-refractivity contribution in [2.75, 3.05) is 6.54 Å². The van der Waals surface area contributed by atoms with E-state index in [0.717, 1.165) is 0 Å². The third-order valence-corrected chi connectivity index (χ3v) is 4.83. The Bertz CT molecular complexity index is 900. The SMILES string of the molecule is C=CCN1C(=O)/C(=C\c2ccc(-c3ccc([N+](=O)[O-])cc3)o2)SC1=S. The lowest BCUT2D eigenvalue weighted by Gasteiger charge is -2.10. The number of thiocarbonyl (C=S) groups is 1. The van der Waals surface area contributed by atoms with Gasteiger partial charge in [-0.25, -0.2) is 0 Å². The molecular weight excluding hydrogens is 360 g/mol. The van der Waals surface area contributed by atoms with Crippen LogP contribution in [-0.4, -0.2) is 26.6 Å². The molecule has 126 valence electrons. The van der Waals surface area contributed by atoms with Crippen molar-refractivity contribution in [2.24, 2.45) is 0 Å². The fourth-order valence-corrected chi connectivity index (χ4v) is 3.50. The smallest absolute Gasteiger partial charge is 0.269 e. The van der Waals surface area contributed by atoms with E-state index in [1.807, 2.05) is 0 Å². The van der Waals surface area contributed by atoms with E-state index in [0.29, 0.717) is 32.9 Å². The summed E-state index contributed by atoms with van der Waals surface area (Å²) in [5, 5.41) is 10.7. The molecule has 1 aliphatic rings. The van der Waals surface area contributed by atoms with Crippen molar-refractivity contribution >= 4 is 46.0 Å². The average Bonchev–Trinajstić information content (AvgIpc) is 3.16. The minimum atomic E-state index is -0.456. The molecule has 0 spiro atoms. The molecule has 0 atom stereocenters. The summed E-state index contributed by atoms with van der Waals surface area (Å²) in [5.41, 5.74) is 0.728. The highest BCUT2D eigenvalue weighted by molar-refractivity contribution is 8.26. The minimum absolute atomic E-state index is 0.0152. The van der Waals surface area contributed by atoms with Crippen LogP contribution < -0.4 is 0 Å². The number of carbonyl (C=O) groups is 1. The molecule has 0 N–H and O–H groups in total. The Hall–Kier alpha value is -2.71. The van der Waals surface area contributed by atoms with Crippen LogP contribution in [-0.2, 0) is 4.79 Å². The molecule has 1 amide bonds. The Morgan fingerprint density at radius 3 is 2.64 bits per heavy atom. The number of thioether (sulfide) groups is 1. The molecule has 0 radical (unpaired) electrons. The molecule has 0 saturated carbocycles. The first kappa shape index (κ1) is 17.1. The number of nitrogens with zero attached hydrogens (tertiary/aromatic N) is 2. The summed E-state index contributed by atoms with van der Waals surface area (Å²) in [6.07, 6.45) is 3.25. The van der Waals surface area contributed by atoms with Crippen LogP contribution >= 0.6 is 24.0 Å². The summed E-state index contributed by atoms with van der Waals surface area (Å²) in [5.74, 6) is 0.887. The number of nitro groups is 1. The number of benzene rings is 1. The Morgan fingerprint density at radius 1 is 1.28 bits per heavy atom. The van der Waals surface area contributed by atoms with E-state index in [1.54, 1.807) is 36.4 Å². The van der Waals surface area contributed by atoms with Crippen molar-refractivity contribution in [2.45, 2.75) is 0 Å². The van der Waals surface area contributed by atoms with Gasteiger partial charge in [-0.3, -0.25) is 19.8 Å². The molecule has 1 aromatic carbocycles. The zero-order valence-electron chi connectivity index (χ0n) is 12.9. The molecule has 0 bridgehead atoms. The van der Waals surface area contributed by atoms with Crippen LogP contribution in [0.1, 0.15) is 5.76 Å². The molecule has 1 aliphatic heterocycles. The number of nitro benzene ring substituents is 1. The lowest BCUT2D eigenvalue weighted by atomic mass is 10.1. The average molecular weight is 372 g/mol. The van der Waals surface area contributed by atoms with Crippen LogP contribution in [0.5, 0.6) is 0 Å². The van der Waals surface area contributed by atoms with Crippen LogP contribution in [0.25, 0.3) is 17.4 Å². The van der Waals surface area contributed by atoms with Gasteiger partial charge in [0.05, 0.1) is 9.83 Å². The second-order valence-corrected chi connectivity index (χ2v) is 6.76. The number of hydrogen-bond donors (Lipinski definition) is 0. The molecule has 1 fully saturated rings.